The van der Waals surface area contributed by atoms with Crippen molar-refractivity contribution in [3.8, 4) is 11.5 Å². The highest BCUT2D eigenvalue weighted by atomic mass is 32.2. The summed E-state index contributed by atoms with van der Waals surface area (Å²) in [6.07, 6.45) is 0. The number of hydrogen-bond acceptors (Lipinski definition) is 5. The summed E-state index contributed by atoms with van der Waals surface area (Å²) in [4.78, 5) is 12.3. The van der Waals surface area contributed by atoms with E-state index in [0.29, 0.717) is 11.5 Å². The van der Waals surface area contributed by atoms with Gasteiger partial charge in [0.05, 0.1) is 18.6 Å². The maximum Gasteiger partial charge on any atom is 0.238 e. The number of sulfone groups is 1. The van der Waals surface area contributed by atoms with Crippen LogP contribution in [0.25, 0.3) is 0 Å². The van der Waals surface area contributed by atoms with Gasteiger partial charge in [-0.05, 0) is 55.8 Å². The van der Waals surface area contributed by atoms with E-state index in [1.165, 1.54) is 26.2 Å². The Kier molecular flexibility index (Phi) is 6.63. The summed E-state index contributed by atoms with van der Waals surface area (Å²) in [6.45, 7) is 3.80. The van der Waals surface area contributed by atoms with Gasteiger partial charge in [-0.2, -0.15) is 0 Å². The molecular formula is C19H23NO5S. The number of ether oxygens (including phenoxy) is 2. The molecule has 1 atom stereocenters. The molecule has 0 aliphatic carbocycles. The van der Waals surface area contributed by atoms with E-state index >= 15 is 0 Å². The summed E-state index contributed by atoms with van der Waals surface area (Å²) in [7, 11) is -2.27. The Morgan fingerprint density at radius 3 is 2.42 bits per heavy atom. The highest BCUT2D eigenvalue weighted by Gasteiger charge is 2.29. The van der Waals surface area contributed by atoms with Crippen LogP contribution in [-0.2, 0) is 14.6 Å². The smallest absolute Gasteiger partial charge is 0.238 e. The van der Waals surface area contributed by atoms with E-state index in [1.54, 1.807) is 12.1 Å². The lowest BCUT2D eigenvalue weighted by Gasteiger charge is -2.14. The van der Waals surface area contributed by atoms with Crippen LogP contribution in [0.2, 0.25) is 0 Å². The number of amides is 1. The van der Waals surface area contributed by atoms with E-state index in [-0.39, 0.29) is 18.0 Å². The third kappa shape index (κ3) is 4.98. The van der Waals surface area contributed by atoms with Crippen LogP contribution in [0.15, 0.2) is 53.4 Å². The number of aryl methyl sites for hydroxylation is 1. The van der Waals surface area contributed by atoms with Gasteiger partial charge in [-0.25, -0.2) is 8.42 Å². The average Bonchev–Trinajstić information content (AvgIpc) is 2.64. The fourth-order valence-corrected chi connectivity index (χ4v) is 3.59. The second-order valence-corrected chi connectivity index (χ2v) is 8.09. The van der Waals surface area contributed by atoms with Crippen molar-refractivity contribution in [2.24, 2.45) is 0 Å². The number of methoxy groups -OCH3 is 1. The number of rotatable bonds is 8. The van der Waals surface area contributed by atoms with Gasteiger partial charge in [-0.15, -0.1) is 0 Å². The Bertz CT molecular complexity index is 846. The first-order chi connectivity index (χ1) is 12.3. The van der Waals surface area contributed by atoms with Gasteiger partial charge in [0.2, 0.25) is 5.91 Å². The molecular weight excluding hydrogens is 354 g/mol. The van der Waals surface area contributed by atoms with Crippen molar-refractivity contribution in [3.63, 3.8) is 0 Å². The van der Waals surface area contributed by atoms with Crippen molar-refractivity contribution in [1.82, 2.24) is 5.32 Å². The van der Waals surface area contributed by atoms with E-state index in [0.717, 1.165) is 5.56 Å². The second kappa shape index (κ2) is 8.71. The fourth-order valence-electron chi connectivity index (χ4n) is 2.30. The highest BCUT2D eigenvalue weighted by molar-refractivity contribution is 7.92. The molecule has 6 nitrogen and oxygen atoms in total. The molecule has 0 unspecified atom stereocenters. The van der Waals surface area contributed by atoms with Gasteiger partial charge in [-0.3, -0.25) is 4.79 Å². The van der Waals surface area contributed by atoms with E-state index in [4.69, 9.17) is 9.47 Å². The van der Waals surface area contributed by atoms with Crippen LogP contribution in [-0.4, -0.2) is 39.8 Å². The standard InChI is InChI=1S/C19H23NO5S/c1-14-5-4-6-17(13-14)25-12-11-20-19(21)15(2)26(22,23)18-9-7-16(24-3)8-10-18/h4-10,13,15H,11-12H2,1-3H3,(H,20,21)/t15-/m1/s1. The van der Waals surface area contributed by atoms with Crippen LogP contribution < -0.4 is 14.8 Å². The quantitative estimate of drug-likeness (QED) is 0.714. The van der Waals surface area contributed by atoms with Crippen molar-refractivity contribution in [2.75, 3.05) is 20.3 Å². The molecule has 0 aliphatic rings. The van der Waals surface area contributed by atoms with Crippen LogP contribution in [0, 0.1) is 6.92 Å². The van der Waals surface area contributed by atoms with Crippen LogP contribution in [0.1, 0.15) is 12.5 Å². The summed E-state index contributed by atoms with van der Waals surface area (Å²) in [5, 5.41) is 1.40. The minimum absolute atomic E-state index is 0.0805. The van der Waals surface area contributed by atoms with Crippen molar-refractivity contribution in [3.05, 3.63) is 54.1 Å². The predicted molar refractivity (Wildman–Crippen MR) is 99.3 cm³/mol. The Labute approximate surface area is 154 Å². The number of carbonyl (C=O) groups is 1. The predicted octanol–water partition coefficient (Wildman–Crippen LogP) is 2.36. The number of hydrogen-bond donors (Lipinski definition) is 1. The summed E-state index contributed by atoms with van der Waals surface area (Å²) in [6, 6.07) is 13.5. The summed E-state index contributed by atoms with van der Waals surface area (Å²) >= 11 is 0. The zero-order valence-electron chi connectivity index (χ0n) is 15.1. The first-order valence-electron chi connectivity index (χ1n) is 8.19. The fraction of sp³-hybridized carbons (Fsp3) is 0.316. The first kappa shape index (κ1) is 19.8. The number of benzene rings is 2. The Balaban J connectivity index is 1.89. The van der Waals surface area contributed by atoms with Crippen LogP contribution in [0.4, 0.5) is 0 Å². The van der Waals surface area contributed by atoms with Gasteiger partial charge < -0.3 is 14.8 Å². The lowest BCUT2D eigenvalue weighted by atomic mass is 10.2. The summed E-state index contributed by atoms with van der Waals surface area (Å²) in [5.41, 5.74) is 1.07. The molecule has 7 heteroatoms. The van der Waals surface area contributed by atoms with E-state index in [2.05, 4.69) is 5.32 Å². The van der Waals surface area contributed by atoms with Gasteiger partial charge in [-0.1, -0.05) is 12.1 Å². The van der Waals surface area contributed by atoms with Crippen molar-refractivity contribution >= 4 is 15.7 Å². The lowest BCUT2D eigenvalue weighted by molar-refractivity contribution is -0.120. The second-order valence-electron chi connectivity index (χ2n) is 5.82. The van der Waals surface area contributed by atoms with Crippen molar-refractivity contribution in [1.29, 1.82) is 0 Å². The maximum atomic E-state index is 12.5. The molecule has 0 heterocycles. The van der Waals surface area contributed by atoms with Gasteiger partial charge in [0.25, 0.3) is 0 Å². The van der Waals surface area contributed by atoms with E-state index < -0.39 is 21.0 Å². The molecule has 0 spiro atoms. The first-order valence-corrected chi connectivity index (χ1v) is 9.74. The largest absolute Gasteiger partial charge is 0.497 e. The van der Waals surface area contributed by atoms with Gasteiger partial charge >= 0.3 is 0 Å². The van der Waals surface area contributed by atoms with Crippen LogP contribution in [0.5, 0.6) is 11.5 Å². The molecule has 0 bridgehead atoms. The minimum atomic E-state index is -3.77. The number of nitrogens with one attached hydrogen (secondary N) is 1. The Morgan fingerprint density at radius 1 is 1.12 bits per heavy atom. The topological polar surface area (TPSA) is 81.7 Å². The SMILES string of the molecule is COc1ccc(S(=O)(=O)[C@H](C)C(=O)NCCOc2cccc(C)c2)cc1. The average molecular weight is 377 g/mol. The highest BCUT2D eigenvalue weighted by Crippen LogP contribution is 2.20. The molecule has 0 fully saturated rings. The minimum Gasteiger partial charge on any atom is -0.497 e. The van der Waals surface area contributed by atoms with Crippen LogP contribution in [0.3, 0.4) is 0 Å². The molecule has 1 N–H and O–H groups in total. The Hall–Kier alpha value is -2.54. The lowest BCUT2D eigenvalue weighted by Crippen LogP contribution is -2.39. The molecule has 0 saturated heterocycles. The molecule has 2 aromatic rings. The molecule has 2 rings (SSSR count). The Morgan fingerprint density at radius 2 is 1.81 bits per heavy atom. The third-order valence-corrected chi connectivity index (χ3v) is 5.96. The molecule has 1 amide bonds. The monoisotopic (exact) mass is 377 g/mol. The zero-order chi connectivity index (χ0) is 19.2. The van der Waals surface area contributed by atoms with Gasteiger partial charge in [0, 0.05) is 0 Å². The van der Waals surface area contributed by atoms with Crippen molar-refractivity contribution in [2.45, 2.75) is 24.0 Å². The summed E-state index contributed by atoms with van der Waals surface area (Å²) in [5.74, 6) is 0.696. The molecule has 0 radical (unpaired) electrons. The normalized spacial score (nSPS) is 12.3. The van der Waals surface area contributed by atoms with Gasteiger partial charge in [0.1, 0.15) is 23.4 Å². The van der Waals surface area contributed by atoms with E-state index in [9.17, 15) is 13.2 Å². The molecule has 0 saturated carbocycles. The van der Waals surface area contributed by atoms with Crippen LogP contribution >= 0.6 is 0 Å². The maximum absolute atomic E-state index is 12.5. The molecule has 26 heavy (non-hydrogen) atoms. The molecule has 0 aromatic heterocycles. The molecule has 140 valence electrons. The van der Waals surface area contributed by atoms with Gasteiger partial charge in [0.15, 0.2) is 9.84 Å². The zero-order valence-corrected chi connectivity index (χ0v) is 15.9. The summed E-state index contributed by atoms with van der Waals surface area (Å²) < 4.78 is 35.6. The molecule has 0 aliphatic heterocycles. The van der Waals surface area contributed by atoms with Crippen molar-refractivity contribution < 1.29 is 22.7 Å². The third-order valence-electron chi connectivity index (χ3n) is 3.88. The molecule has 2 aromatic carbocycles. The van der Waals surface area contributed by atoms with E-state index in [1.807, 2.05) is 31.2 Å². The number of carbonyl (C=O) groups excluding carboxylic acids is 1.